The van der Waals surface area contributed by atoms with Gasteiger partial charge in [0.25, 0.3) is 0 Å². The Balaban J connectivity index is 1.82. The zero-order chi connectivity index (χ0) is 13.2. The second-order valence-electron chi connectivity index (χ2n) is 7.53. The normalized spacial score (nSPS) is 22.5. The number of hydrogen-bond donors (Lipinski definition) is 1. The molecule has 0 bridgehead atoms. The number of hydrogen-bond acceptors (Lipinski definition) is 2. The SMILES string of the molecule is CCC(CNC(C)(C)C)N(CC1CC1)CC1CC1. The fraction of sp³-hybridized carbons (Fsp3) is 1.00. The minimum Gasteiger partial charge on any atom is -0.311 e. The van der Waals surface area contributed by atoms with Crippen LogP contribution < -0.4 is 5.32 Å². The molecule has 2 heteroatoms. The Bertz CT molecular complexity index is 234. The van der Waals surface area contributed by atoms with Crippen molar-refractivity contribution in [2.24, 2.45) is 11.8 Å². The van der Waals surface area contributed by atoms with Crippen molar-refractivity contribution in [3.8, 4) is 0 Å². The van der Waals surface area contributed by atoms with Crippen LogP contribution in [0.15, 0.2) is 0 Å². The van der Waals surface area contributed by atoms with Crippen LogP contribution in [0.25, 0.3) is 0 Å². The van der Waals surface area contributed by atoms with Crippen molar-refractivity contribution >= 4 is 0 Å². The molecule has 0 aliphatic heterocycles. The minimum atomic E-state index is 0.248. The molecule has 2 fully saturated rings. The summed E-state index contributed by atoms with van der Waals surface area (Å²) < 4.78 is 0. The van der Waals surface area contributed by atoms with Gasteiger partial charge in [-0.1, -0.05) is 6.92 Å². The van der Waals surface area contributed by atoms with Crippen LogP contribution in [0.4, 0.5) is 0 Å². The van der Waals surface area contributed by atoms with Crippen LogP contribution in [0.3, 0.4) is 0 Å². The first kappa shape index (κ1) is 14.3. The lowest BCUT2D eigenvalue weighted by Crippen LogP contribution is -2.48. The van der Waals surface area contributed by atoms with Crippen molar-refractivity contribution in [2.75, 3.05) is 19.6 Å². The summed E-state index contributed by atoms with van der Waals surface area (Å²) in [7, 11) is 0. The van der Waals surface area contributed by atoms with Gasteiger partial charge in [0.1, 0.15) is 0 Å². The van der Waals surface area contributed by atoms with E-state index in [1.165, 1.54) is 45.2 Å². The average Bonchev–Trinajstić information content (AvgIpc) is 3.11. The van der Waals surface area contributed by atoms with Crippen molar-refractivity contribution in [1.82, 2.24) is 10.2 Å². The third-order valence-electron chi connectivity index (χ3n) is 4.23. The maximum atomic E-state index is 3.70. The molecule has 2 aliphatic carbocycles. The van der Waals surface area contributed by atoms with E-state index in [0.717, 1.165) is 24.4 Å². The van der Waals surface area contributed by atoms with Crippen molar-refractivity contribution < 1.29 is 0 Å². The van der Waals surface area contributed by atoms with Gasteiger partial charge in [0, 0.05) is 31.2 Å². The van der Waals surface area contributed by atoms with Gasteiger partial charge in [-0.2, -0.15) is 0 Å². The summed E-state index contributed by atoms with van der Waals surface area (Å²) in [5, 5.41) is 3.70. The van der Waals surface area contributed by atoms with Crippen LogP contribution in [0.1, 0.15) is 59.8 Å². The van der Waals surface area contributed by atoms with Gasteiger partial charge in [-0.05, 0) is 64.7 Å². The Morgan fingerprint density at radius 2 is 1.56 bits per heavy atom. The van der Waals surface area contributed by atoms with E-state index in [4.69, 9.17) is 0 Å². The molecule has 1 unspecified atom stereocenters. The summed E-state index contributed by atoms with van der Waals surface area (Å²) >= 11 is 0. The van der Waals surface area contributed by atoms with Crippen molar-refractivity contribution in [3.63, 3.8) is 0 Å². The summed E-state index contributed by atoms with van der Waals surface area (Å²) in [5.41, 5.74) is 0.248. The molecule has 0 aromatic rings. The van der Waals surface area contributed by atoms with Gasteiger partial charge in [-0.15, -0.1) is 0 Å². The summed E-state index contributed by atoms with van der Waals surface area (Å²) in [4.78, 5) is 2.80. The van der Waals surface area contributed by atoms with Crippen LogP contribution in [0.2, 0.25) is 0 Å². The lowest BCUT2D eigenvalue weighted by Gasteiger charge is -2.34. The molecule has 106 valence electrons. The van der Waals surface area contributed by atoms with Crippen molar-refractivity contribution in [3.05, 3.63) is 0 Å². The molecule has 2 aliphatic rings. The van der Waals surface area contributed by atoms with Crippen LogP contribution in [-0.4, -0.2) is 36.1 Å². The molecule has 1 N–H and O–H groups in total. The zero-order valence-corrected chi connectivity index (χ0v) is 12.8. The molecular weight excluding hydrogens is 220 g/mol. The summed E-state index contributed by atoms with van der Waals surface area (Å²) in [6.45, 7) is 13.0. The Morgan fingerprint density at radius 3 is 1.89 bits per heavy atom. The van der Waals surface area contributed by atoms with Gasteiger partial charge in [-0.25, -0.2) is 0 Å². The molecule has 0 spiro atoms. The number of nitrogens with zero attached hydrogens (tertiary/aromatic N) is 1. The first-order valence-electron chi connectivity index (χ1n) is 7.97. The molecule has 0 aromatic carbocycles. The van der Waals surface area contributed by atoms with Crippen LogP contribution >= 0.6 is 0 Å². The smallest absolute Gasteiger partial charge is 0.0218 e. The highest BCUT2D eigenvalue weighted by atomic mass is 15.2. The molecule has 0 aromatic heterocycles. The summed E-state index contributed by atoms with van der Waals surface area (Å²) in [6.07, 6.45) is 7.19. The molecular formula is C16H32N2. The fourth-order valence-corrected chi connectivity index (χ4v) is 2.59. The maximum Gasteiger partial charge on any atom is 0.0218 e. The number of rotatable bonds is 8. The predicted octanol–water partition coefficient (Wildman–Crippen LogP) is 3.28. The van der Waals surface area contributed by atoms with Gasteiger partial charge in [0.2, 0.25) is 0 Å². The highest BCUT2D eigenvalue weighted by Gasteiger charge is 2.32. The van der Waals surface area contributed by atoms with E-state index in [0.29, 0.717) is 0 Å². The second-order valence-corrected chi connectivity index (χ2v) is 7.53. The van der Waals surface area contributed by atoms with E-state index < -0.39 is 0 Å². The molecule has 18 heavy (non-hydrogen) atoms. The Morgan fingerprint density at radius 1 is 1.06 bits per heavy atom. The first-order chi connectivity index (χ1) is 8.48. The van der Waals surface area contributed by atoms with Gasteiger partial charge in [0.15, 0.2) is 0 Å². The third kappa shape index (κ3) is 5.27. The summed E-state index contributed by atoms with van der Waals surface area (Å²) in [5.74, 6) is 2.04. The highest BCUT2D eigenvalue weighted by Crippen LogP contribution is 2.34. The van der Waals surface area contributed by atoms with E-state index in [-0.39, 0.29) is 5.54 Å². The van der Waals surface area contributed by atoms with E-state index in [1.807, 2.05) is 0 Å². The quantitative estimate of drug-likeness (QED) is 0.713. The molecule has 2 nitrogen and oxygen atoms in total. The largest absolute Gasteiger partial charge is 0.311 e. The lowest BCUT2D eigenvalue weighted by atomic mass is 10.1. The van der Waals surface area contributed by atoms with Gasteiger partial charge < -0.3 is 5.32 Å². The Kier molecular flexibility index (Phi) is 4.71. The van der Waals surface area contributed by atoms with Crippen LogP contribution in [0.5, 0.6) is 0 Å². The summed E-state index contributed by atoms with van der Waals surface area (Å²) in [6, 6.07) is 0.741. The maximum absolute atomic E-state index is 3.70. The molecule has 0 amide bonds. The van der Waals surface area contributed by atoms with E-state index >= 15 is 0 Å². The zero-order valence-electron chi connectivity index (χ0n) is 12.8. The molecule has 2 rings (SSSR count). The monoisotopic (exact) mass is 252 g/mol. The lowest BCUT2D eigenvalue weighted by molar-refractivity contribution is 0.163. The van der Waals surface area contributed by atoms with E-state index in [2.05, 4.69) is 37.9 Å². The molecule has 0 heterocycles. The number of nitrogens with one attached hydrogen (secondary N) is 1. The first-order valence-corrected chi connectivity index (χ1v) is 7.97. The average molecular weight is 252 g/mol. The van der Waals surface area contributed by atoms with Gasteiger partial charge in [0.05, 0.1) is 0 Å². The standard InChI is InChI=1S/C16H32N2/c1-5-15(10-17-16(2,3)4)18(11-13-6-7-13)12-14-8-9-14/h13-15,17H,5-12H2,1-4H3. The molecule has 2 saturated carbocycles. The predicted molar refractivity (Wildman–Crippen MR) is 78.9 cm³/mol. The topological polar surface area (TPSA) is 15.3 Å². The second kappa shape index (κ2) is 5.92. The molecule has 0 saturated heterocycles. The van der Waals surface area contributed by atoms with E-state index in [9.17, 15) is 0 Å². The van der Waals surface area contributed by atoms with Crippen molar-refractivity contribution in [1.29, 1.82) is 0 Å². The Hall–Kier alpha value is -0.0800. The van der Waals surface area contributed by atoms with Crippen LogP contribution in [-0.2, 0) is 0 Å². The van der Waals surface area contributed by atoms with Gasteiger partial charge >= 0.3 is 0 Å². The highest BCUT2D eigenvalue weighted by molar-refractivity contribution is 4.87. The molecule has 1 atom stereocenters. The van der Waals surface area contributed by atoms with Gasteiger partial charge in [-0.3, -0.25) is 4.90 Å². The minimum absolute atomic E-state index is 0.248. The van der Waals surface area contributed by atoms with E-state index in [1.54, 1.807) is 0 Å². The molecule has 0 radical (unpaired) electrons. The van der Waals surface area contributed by atoms with Crippen molar-refractivity contribution in [2.45, 2.75) is 71.4 Å². The Labute approximate surface area is 114 Å². The third-order valence-corrected chi connectivity index (χ3v) is 4.23. The fourth-order valence-electron chi connectivity index (χ4n) is 2.59. The van der Waals surface area contributed by atoms with Crippen LogP contribution in [0, 0.1) is 11.8 Å².